The molecule has 148 valence electrons. The van der Waals surface area contributed by atoms with E-state index in [0.717, 1.165) is 35.7 Å². The van der Waals surface area contributed by atoms with Crippen molar-refractivity contribution in [3.05, 3.63) is 53.1 Å². The van der Waals surface area contributed by atoms with Gasteiger partial charge in [0.05, 0.1) is 5.92 Å². The van der Waals surface area contributed by atoms with Gasteiger partial charge in [-0.15, -0.1) is 0 Å². The third kappa shape index (κ3) is 4.30. The monoisotopic (exact) mass is 399 g/mol. The molecule has 28 heavy (non-hydrogen) atoms. The number of hydrogen-bond acceptors (Lipinski definition) is 3. The Morgan fingerprint density at radius 1 is 1.18 bits per heavy atom. The van der Waals surface area contributed by atoms with E-state index in [0.29, 0.717) is 11.6 Å². The Morgan fingerprint density at radius 2 is 1.86 bits per heavy atom. The molecule has 1 aliphatic heterocycles. The predicted octanol–water partition coefficient (Wildman–Crippen LogP) is 4.49. The van der Waals surface area contributed by atoms with Crippen molar-refractivity contribution in [3.63, 3.8) is 0 Å². The number of carbonyl (C=O) groups is 2. The van der Waals surface area contributed by atoms with Crippen LogP contribution in [0.25, 0.3) is 0 Å². The van der Waals surface area contributed by atoms with Crippen molar-refractivity contribution < 1.29 is 9.59 Å². The van der Waals surface area contributed by atoms with Gasteiger partial charge in [-0.1, -0.05) is 17.7 Å². The molecule has 1 heterocycles. The third-order valence-corrected chi connectivity index (χ3v) is 5.63. The lowest BCUT2D eigenvalue weighted by Gasteiger charge is -2.21. The number of anilines is 3. The maximum Gasteiger partial charge on any atom is 0.229 e. The zero-order valence-electron chi connectivity index (χ0n) is 16.5. The fraction of sp³-hybridized carbons (Fsp3) is 0.364. The summed E-state index contributed by atoms with van der Waals surface area (Å²) < 4.78 is 0. The van der Waals surface area contributed by atoms with Gasteiger partial charge in [-0.05, 0) is 62.7 Å². The first-order valence-corrected chi connectivity index (χ1v) is 10.0. The zero-order valence-corrected chi connectivity index (χ0v) is 17.3. The van der Waals surface area contributed by atoms with Crippen molar-refractivity contribution in [1.82, 2.24) is 0 Å². The minimum atomic E-state index is -0.380. The molecule has 3 rings (SSSR count). The van der Waals surface area contributed by atoms with E-state index in [1.165, 1.54) is 0 Å². The average molecular weight is 400 g/mol. The Hall–Kier alpha value is -2.53. The summed E-state index contributed by atoms with van der Waals surface area (Å²) in [5.41, 5.74) is 3.56. The van der Waals surface area contributed by atoms with Gasteiger partial charge in [-0.3, -0.25) is 9.59 Å². The van der Waals surface area contributed by atoms with Crippen LogP contribution in [0, 0.1) is 12.8 Å². The number of carbonyl (C=O) groups excluding carboxylic acids is 2. The van der Waals surface area contributed by atoms with Gasteiger partial charge in [0.25, 0.3) is 0 Å². The van der Waals surface area contributed by atoms with Crippen molar-refractivity contribution >= 4 is 40.5 Å². The van der Waals surface area contributed by atoms with Crippen molar-refractivity contribution in [2.75, 3.05) is 34.8 Å². The lowest BCUT2D eigenvalue weighted by Crippen LogP contribution is -2.28. The molecular weight excluding hydrogens is 374 g/mol. The van der Waals surface area contributed by atoms with Crippen LogP contribution >= 0.6 is 11.6 Å². The smallest absolute Gasteiger partial charge is 0.229 e. The first kappa shape index (κ1) is 20.2. The molecule has 1 atom stereocenters. The van der Waals surface area contributed by atoms with Crippen molar-refractivity contribution in [2.24, 2.45) is 5.92 Å². The number of nitrogens with zero attached hydrogens (tertiary/aromatic N) is 2. The summed E-state index contributed by atoms with van der Waals surface area (Å²) in [6, 6.07) is 13.3. The number of hydrogen-bond donors (Lipinski definition) is 1. The molecule has 0 radical (unpaired) electrons. The second-order valence-electron chi connectivity index (χ2n) is 7.05. The standard InChI is InChI=1S/C22H26ClN3O2/c1-4-25(5-2)18-10-7-17(8-11-18)24-22(28)16-12-21(27)26(14-16)19-9-6-15(3)20(23)13-19/h6-11,13,16H,4-5,12,14H2,1-3H3,(H,24,28). The van der Waals surface area contributed by atoms with Crippen LogP contribution in [0.4, 0.5) is 17.1 Å². The quantitative estimate of drug-likeness (QED) is 0.778. The molecule has 0 bridgehead atoms. The second kappa shape index (κ2) is 8.65. The topological polar surface area (TPSA) is 52.7 Å². The number of nitrogens with one attached hydrogen (secondary N) is 1. The van der Waals surface area contributed by atoms with Gasteiger partial charge >= 0.3 is 0 Å². The summed E-state index contributed by atoms with van der Waals surface area (Å²) in [7, 11) is 0. The Morgan fingerprint density at radius 3 is 2.46 bits per heavy atom. The van der Waals surface area contributed by atoms with Crippen molar-refractivity contribution in [1.29, 1.82) is 0 Å². The van der Waals surface area contributed by atoms with Gasteiger partial charge in [0, 0.05) is 48.1 Å². The fourth-order valence-electron chi connectivity index (χ4n) is 3.47. The average Bonchev–Trinajstić information content (AvgIpc) is 3.08. The molecule has 0 spiro atoms. The number of halogens is 1. The SMILES string of the molecule is CCN(CC)c1ccc(NC(=O)C2CC(=O)N(c3ccc(C)c(Cl)c3)C2)cc1. The van der Waals surface area contributed by atoms with E-state index in [4.69, 9.17) is 11.6 Å². The normalized spacial score (nSPS) is 16.4. The molecule has 0 aliphatic carbocycles. The molecule has 6 heteroatoms. The Bertz CT molecular complexity index is 863. The van der Waals surface area contributed by atoms with Crippen LogP contribution in [0.5, 0.6) is 0 Å². The van der Waals surface area contributed by atoms with Gasteiger partial charge in [-0.25, -0.2) is 0 Å². The van der Waals surface area contributed by atoms with E-state index in [2.05, 4.69) is 24.1 Å². The lowest BCUT2D eigenvalue weighted by atomic mass is 10.1. The Labute approximate surface area is 171 Å². The number of aryl methyl sites for hydroxylation is 1. The molecular formula is C22H26ClN3O2. The van der Waals surface area contributed by atoms with E-state index in [1.807, 2.05) is 43.3 Å². The number of rotatable bonds is 6. The van der Waals surface area contributed by atoms with E-state index in [-0.39, 0.29) is 24.2 Å². The minimum absolute atomic E-state index is 0.0584. The lowest BCUT2D eigenvalue weighted by molar-refractivity contribution is -0.122. The largest absolute Gasteiger partial charge is 0.372 e. The summed E-state index contributed by atoms with van der Waals surface area (Å²) in [6.45, 7) is 8.38. The van der Waals surface area contributed by atoms with E-state index in [9.17, 15) is 9.59 Å². The molecule has 0 saturated carbocycles. The summed E-state index contributed by atoms with van der Waals surface area (Å²) in [5, 5.41) is 3.55. The van der Waals surface area contributed by atoms with Crippen LogP contribution in [0.15, 0.2) is 42.5 Å². The highest BCUT2D eigenvalue weighted by Crippen LogP contribution is 2.29. The van der Waals surface area contributed by atoms with Crippen LogP contribution < -0.4 is 15.1 Å². The zero-order chi connectivity index (χ0) is 20.3. The Kier molecular flexibility index (Phi) is 6.25. The highest BCUT2D eigenvalue weighted by atomic mass is 35.5. The highest BCUT2D eigenvalue weighted by molar-refractivity contribution is 6.31. The van der Waals surface area contributed by atoms with Crippen molar-refractivity contribution in [2.45, 2.75) is 27.2 Å². The summed E-state index contributed by atoms with van der Waals surface area (Å²) in [6.07, 6.45) is 0.203. The highest BCUT2D eigenvalue weighted by Gasteiger charge is 2.35. The van der Waals surface area contributed by atoms with Crippen molar-refractivity contribution in [3.8, 4) is 0 Å². The molecule has 1 fully saturated rings. The van der Waals surface area contributed by atoms with Crippen LogP contribution in [0.3, 0.4) is 0 Å². The third-order valence-electron chi connectivity index (χ3n) is 5.23. The molecule has 5 nitrogen and oxygen atoms in total. The first-order chi connectivity index (χ1) is 13.4. The van der Waals surface area contributed by atoms with Crippen LogP contribution in [0.1, 0.15) is 25.8 Å². The Balaban J connectivity index is 1.65. The summed E-state index contributed by atoms with van der Waals surface area (Å²) in [5.74, 6) is -0.573. The molecule has 1 aliphatic rings. The molecule has 0 aromatic heterocycles. The van der Waals surface area contributed by atoms with E-state index >= 15 is 0 Å². The van der Waals surface area contributed by atoms with Crippen LogP contribution in [0.2, 0.25) is 5.02 Å². The number of benzene rings is 2. The van der Waals surface area contributed by atoms with Gasteiger partial charge in [0.15, 0.2) is 0 Å². The maximum atomic E-state index is 12.7. The van der Waals surface area contributed by atoms with Gasteiger partial charge in [0.1, 0.15) is 0 Å². The van der Waals surface area contributed by atoms with Crippen LogP contribution in [-0.4, -0.2) is 31.4 Å². The first-order valence-electron chi connectivity index (χ1n) is 9.65. The fourth-order valence-corrected chi connectivity index (χ4v) is 3.65. The van der Waals surface area contributed by atoms with Gasteiger partial charge in [-0.2, -0.15) is 0 Å². The van der Waals surface area contributed by atoms with Gasteiger partial charge in [0.2, 0.25) is 11.8 Å². The number of amides is 2. The van der Waals surface area contributed by atoms with E-state index in [1.54, 1.807) is 11.0 Å². The molecule has 2 aromatic rings. The minimum Gasteiger partial charge on any atom is -0.372 e. The molecule has 1 saturated heterocycles. The predicted molar refractivity (Wildman–Crippen MR) is 115 cm³/mol. The molecule has 2 aromatic carbocycles. The molecule has 1 N–H and O–H groups in total. The second-order valence-corrected chi connectivity index (χ2v) is 7.45. The summed E-state index contributed by atoms with van der Waals surface area (Å²) in [4.78, 5) is 29.0. The van der Waals surface area contributed by atoms with Gasteiger partial charge < -0.3 is 15.1 Å². The molecule has 1 unspecified atom stereocenters. The van der Waals surface area contributed by atoms with Crippen LogP contribution in [-0.2, 0) is 9.59 Å². The maximum absolute atomic E-state index is 12.7. The van der Waals surface area contributed by atoms with E-state index < -0.39 is 0 Å². The molecule has 2 amide bonds. The summed E-state index contributed by atoms with van der Waals surface area (Å²) >= 11 is 6.18.